The Morgan fingerprint density at radius 2 is 1.89 bits per heavy atom. The topological polar surface area (TPSA) is 38.5 Å². The summed E-state index contributed by atoms with van der Waals surface area (Å²) in [5.41, 5.74) is 10.1. The normalized spacial score (nSPS) is 10.3. The van der Waals surface area contributed by atoms with Crippen molar-refractivity contribution in [1.29, 1.82) is 0 Å². The number of anilines is 3. The minimum atomic E-state index is 0.613. The first-order valence-electron chi connectivity index (χ1n) is 6.45. The van der Waals surface area contributed by atoms with Gasteiger partial charge in [-0.3, -0.25) is 0 Å². The Bertz CT molecular complexity index is 566. The highest BCUT2D eigenvalue weighted by atomic mass is 16.5. The summed E-state index contributed by atoms with van der Waals surface area (Å²) in [6.07, 6.45) is 0. The summed E-state index contributed by atoms with van der Waals surface area (Å²) >= 11 is 0. The smallest absolute Gasteiger partial charge is 0.144 e. The first-order chi connectivity index (χ1) is 9.13. The molecule has 0 saturated heterocycles. The van der Waals surface area contributed by atoms with E-state index in [2.05, 4.69) is 30.0 Å². The van der Waals surface area contributed by atoms with Crippen LogP contribution in [0.5, 0.6) is 5.75 Å². The molecule has 2 rings (SSSR count). The maximum absolute atomic E-state index is 6.18. The second-order valence-corrected chi connectivity index (χ2v) is 4.52. The van der Waals surface area contributed by atoms with E-state index in [1.807, 2.05) is 38.2 Å². The van der Waals surface area contributed by atoms with Gasteiger partial charge in [-0.05, 0) is 43.7 Å². The Morgan fingerprint density at radius 3 is 2.58 bits per heavy atom. The molecule has 100 valence electrons. The quantitative estimate of drug-likeness (QED) is 0.847. The van der Waals surface area contributed by atoms with Crippen LogP contribution in [0.2, 0.25) is 0 Å². The third-order valence-electron chi connectivity index (χ3n) is 3.09. The summed E-state index contributed by atoms with van der Waals surface area (Å²) in [5.74, 6) is 0.736. The van der Waals surface area contributed by atoms with Crippen LogP contribution in [0.1, 0.15) is 12.5 Å². The van der Waals surface area contributed by atoms with Gasteiger partial charge < -0.3 is 15.4 Å². The van der Waals surface area contributed by atoms with Crippen LogP contribution in [0.4, 0.5) is 17.1 Å². The highest BCUT2D eigenvalue weighted by molar-refractivity contribution is 5.78. The van der Waals surface area contributed by atoms with E-state index >= 15 is 0 Å². The lowest BCUT2D eigenvalue weighted by Crippen LogP contribution is -2.12. The number of hydrogen-bond donors (Lipinski definition) is 1. The summed E-state index contributed by atoms with van der Waals surface area (Å²) in [6.45, 7) is 4.65. The van der Waals surface area contributed by atoms with Crippen molar-refractivity contribution in [3.8, 4) is 5.75 Å². The number of para-hydroxylation sites is 1. The number of ether oxygens (including phenoxy) is 1. The van der Waals surface area contributed by atoms with Crippen molar-refractivity contribution in [2.45, 2.75) is 13.8 Å². The minimum absolute atomic E-state index is 0.613. The second kappa shape index (κ2) is 5.65. The standard InChI is InChI=1S/C16H20N2O/c1-4-19-15-10-6-9-14(16(15)17)18(3)13-8-5-7-12(2)11-13/h5-11H,4,17H2,1-3H3. The van der Waals surface area contributed by atoms with E-state index in [0.29, 0.717) is 12.3 Å². The molecule has 0 atom stereocenters. The highest BCUT2D eigenvalue weighted by Crippen LogP contribution is 2.35. The Labute approximate surface area is 114 Å². The van der Waals surface area contributed by atoms with Crippen molar-refractivity contribution in [3.05, 3.63) is 48.0 Å². The molecule has 3 nitrogen and oxygen atoms in total. The Kier molecular flexibility index (Phi) is 3.95. The van der Waals surface area contributed by atoms with Crippen LogP contribution in [-0.4, -0.2) is 13.7 Å². The van der Waals surface area contributed by atoms with Crippen molar-refractivity contribution in [2.24, 2.45) is 0 Å². The molecule has 0 radical (unpaired) electrons. The van der Waals surface area contributed by atoms with Crippen LogP contribution in [0.3, 0.4) is 0 Å². The lowest BCUT2D eigenvalue weighted by Gasteiger charge is -2.22. The molecule has 0 aromatic heterocycles. The van der Waals surface area contributed by atoms with E-state index in [1.165, 1.54) is 5.56 Å². The Hall–Kier alpha value is -2.16. The Balaban J connectivity index is 2.38. The average Bonchev–Trinajstić information content (AvgIpc) is 2.41. The number of nitrogens with zero attached hydrogens (tertiary/aromatic N) is 1. The van der Waals surface area contributed by atoms with Crippen molar-refractivity contribution in [1.82, 2.24) is 0 Å². The van der Waals surface area contributed by atoms with Gasteiger partial charge in [0.2, 0.25) is 0 Å². The van der Waals surface area contributed by atoms with Gasteiger partial charge in [0, 0.05) is 12.7 Å². The molecule has 0 aliphatic carbocycles. The van der Waals surface area contributed by atoms with E-state index in [4.69, 9.17) is 10.5 Å². The molecule has 0 heterocycles. The molecule has 3 heteroatoms. The molecule has 0 spiro atoms. The molecule has 0 amide bonds. The van der Waals surface area contributed by atoms with Crippen molar-refractivity contribution >= 4 is 17.1 Å². The fourth-order valence-electron chi connectivity index (χ4n) is 2.08. The van der Waals surface area contributed by atoms with Gasteiger partial charge in [-0.25, -0.2) is 0 Å². The molecule has 0 bridgehead atoms. The first-order valence-corrected chi connectivity index (χ1v) is 6.45. The van der Waals surface area contributed by atoms with Crippen molar-refractivity contribution in [2.75, 3.05) is 24.3 Å². The molecular weight excluding hydrogens is 236 g/mol. The summed E-state index contributed by atoms with van der Waals surface area (Å²) in [7, 11) is 2.01. The van der Waals surface area contributed by atoms with E-state index < -0.39 is 0 Å². The summed E-state index contributed by atoms with van der Waals surface area (Å²) in [4.78, 5) is 2.07. The number of hydrogen-bond acceptors (Lipinski definition) is 3. The molecule has 19 heavy (non-hydrogen) atoms. The van der Waals surface area contributed by atoms with E-state index in [0.717, 1.165) is 17.1 Å². The third kappa shape index (κ3) is 2.81. The zero-order valence-electron chi connectivity index (χ0n) is 11.7. The summed E-state index contributed by atoms with van der Waals surface area (Å²) in [6, 6.07) is 14.2. The molecule has 0 unspecified atom stereocenters. The average molecular weight is 256 g/mol. The second-order valence-electron chi connectivity index (χ2n) is 4.52. The van der Waals surface area contributed by atoms with Gasteiger partial charge in [0.25, 0.3) is 0 Å². The molecule has 0 saturated carbocycles. The number of aryl methyl sites for hydroxylation is 1. The van der Waals surface area contributed by atoms with Crippen LogP contribution < -0.4 is 15.4 Å². The van der Waals surface area contributed by atoms with E-state index in [-0.39, 0.29) is 0 Å². The minimum Gasteiger partial charge on any atom is -0.492 e. The number of rotatable bonds is 4. The van der Waals surface area contributed by atoms with Crippen LogP contribution in [0.15, 0.2) is 42.5 Å². The van der Waals surface area contributed by atoms with Gasteiger partial charge in [-0.1, -0.05) is 18.2 Å². The molecule has 2 aromatic rings. The van der Waals surface area contributed by atoms with Gasteiger partial charge in [0.05, 0.1) is 18.0 Å². The van der Waals surface area contributed by atoms with Gasteiger partial charge >= 0.3 is 0 Å². The zero-order valence-corrected chi connectivity index (χ0v) is 11.7. The zero-order chi connectivity index (χ0) is 13.8. The predicted molar refractivity (Wildman–Crippen MR) is 81.3 cm³/mol. The van der Waals surface area contributed by atoms with E-state index in [9.17, 15) is 0 Å². The SMILES string of the molecule is CCOc1cccc(N(C)c2cccc(C)c2)c1N. The van der Waals surface area contributed by atoms with Gasteiger partial charge in [-0.2, -0.15) is 0 Å². The largest absolute Gasteiger partial charge is 0.492 e. The number of nitrogen functional groups attached to an aromatic ring is 1. The summed E-state index contributed by atoms with van der Waals surface area (Å²) in [5, 5.41) is 0. The molecule has 2 N–H and O–H groups in total. The molecule has 0 fully saturated rings. The predicted octanol–water partition coefficient (Wildman–Crippen LogP) is 3.74. The molecule has 0 aliphatic heterocycles. The maximum atomic E-state index is 6.18. The van der Waals surface area contributed by atoms with E-state index in [1.54, 1.807) is 0 Å². The number of nitrogens with two attached hydrogens (primary N) is 1. The highest BCUT2D eigenvalue weighted by Gasteiger charge is 2.11. The molecular formula is C16H20N2O. The van der Waals surface area contributed by atoms with Gasteiger partial charge in [0.15, 0.2) is 0 Å². The molecule has 2 aromatic carbocycles. The van der Waals surface area contributed by atoms with Crippen molar-refractivity contribution < 1.29 is 4.74 Å². The fraction of sp³-hybridized carbons (Fsp3) is 0.250. The van der Waals surface area contributed by atoms with Crippen LogP contribution >= 0.6 is 0 Å². The van der Waals surface area contributed by atoms with Gasteiger partial charge in [-0.15, -0.1) is 0 Å². The third-order valence-corrected chi connectivity index (χ3v) is 3.09. The molecule has 0 aliphatic rings. The number of benzene rings is 2. The van der Waals surface area contributed by atoms with Crippen LogP contribution in [0, 0.1) is 6.92 Å². The Morgan fingerprint density at radius 1 is 1.16 bits per heavy atom. The first kappa shape index (κ1) is 13.3. The summed E-state index contributed by atoms with van der Waals surface area (Å²) < 4.78 is 5.54. The van der Waals surface area contributed by atoms with Crippen molar-refractivity contribution in [3.63, 3.8) is 0 Å². The maximum Gasteiger partial charge on any atom is 0.144 e. The lowest BCUT2D eigenvalue weighted by molar-refractivity contribution is 0.342. The van der Waals surface area contributed by atoms with Crippen LogP contribution in [-0.2, 0) is 0 Å². The monoisotopic (exact) mass is 256 g/mol. The lowest BCUT2D eigenvalue weighted by atomic mass is 10.2. The fourth-order valence-corrected chi connectivity index (χ4v) is 2.08. The van der Waals surface area contributed by atoms with Crippen LogP contribution in [0.25, 0.3) is 0 Å². The van der Waals surface area contributed by atoms with Gasteiger partial charge in [0.1, 0.15) is 5.75 Å².